The van der Waals surface area contributed by atoms with E-state index < -0.39 is 0 Å². The normalized spacial score (nSPS) is 15.7. The van der Waals surface area contributed by atoms with Crippen LogP contribution in [0.15, 0.2) is 41.6 Å². The predicted octanol–water partition coefficient (Wildman–Crippen LogP) is 4.62. The number of aryl methyl sites for hydroxylation is 1. The number of halogens is 1. The Bertz CT molecular complexity index is 1150. The summed E-state index contributed by atoms with van der Waals surface area (Å²) in [7, 11) is 3.27. The van der Waals surface area contributed by atoms with Gasteiger partial charge in [-0.3, -0.25) is 14.7 Å². The molecule has 0 spiro atoms. The van der Waals surface area contributed by atoms with E-state index in [0.717, 1.165) is 42.8 Å². The number of methoxy groups -OCH3 is 1. The second kappa shape index (κ2) is 8.79. The fourth-order valence-electron chi connectivity index (χ4n) is 4.65. The van der Waals surface area contributed by atoms with Crippen LogP contribution in [0, 0.1) is 17.7 Å². The Hall–Kier alpha value is -2.73. The molecule has 0 radical (unpaired) electrons. The first-order valence-electron chi connectivity index (χ1n) is 10.9. The highest BCUT2D eigenvalue weighted by atomic mass is 19.1. The van der Waals surface area contributed by atoms with Gasteiger partial charge in [0.05, 0.1) is 12.5 Å². The lowest BCUT2D eigenvalue weighted by Gasteiger charge is -2.34. The van der Waals surface area contributed by atoms with Gasteiger partial charge < -0.3 is 9.30 Å². The first kappa shape index (κ1) is 21.5. The van der Waals surface area contributed by atoms with Crippen LogP contribution < -0.4 is 10.3 Å². The number of pyridine rings is 2. The van der Waals surface area contributed by atoms with Crippen LogP contribution in [0.3, 0.4) is 0 Å². The molecule has 164 valence electrons. The van der Waals surface area contributed by atoms with Crippen molar-refractivity contribution in [1.29, 1.82) is 0 Å². The first-order valence-corrected chi connectivity index (χ1v) is 10.9. The van der Waals surface area contributed by atoms with E-state index in [2.05, 4.69) is 23.7 Å². The average molecular weight is 424 g/mol. The summed E-state index contributed by atoms with van der Waals surface area (Å²) >= 11 is 0. The molecular formula is C25H30FN3O2. The number of hydrogen-bond donors (Lipinski definition) is 0. The highest BCUT2D eigenvalue weighted by Gasteiger charge is 2.24. The van der Waals surface area contributed by atoms with Crippen molar-refractivity contribution in [3.8, 4) is 16.9 Å². The molecule has 1 aliphatic heterocycles. The molecular weight excluding hydrogens is 393 g/mol. The summed E-state index contributed by atoms with van der Waals surface area (Å²) in [6.07, 6.45) is 7.25. The molecule has 0 unspecified atom stereocenters. The molecule has 1 saturated heterocycles. The maximum atomic E-state index is 15.3. The Morgan fingerprint density at radius 1 is 1.23 bits per heavy atom. The van der Waals surface area contributed by atoms with E-state index in [1.165, 1.54) is 4.57 Å². The van der Waals surface area contributed by atoms with Crippen molar-refractivity contribution in [1.82, 2.24) is 14.5 Å². The summed E-state index contributed by atoms with van der Waals surface area (Å²) in [5, 5.41) is 1.27. The van der Waals surface area contributed by atoms with Crippen LogP contribution in [0.25, 0.3) is 21.9 Å². The van der Waals surface area contributed by atoms with E-state index in [1.54, 1.807) is 44.9 Å². The van der Waals surface area contributed by atoms with Crippen LogP contribution in [0.5, 0.6) is 5.75 Å². The highest BCUT2D eigenvalue weighted by molar-refractivity contribution is 5.95. The molecule has 0 saturated carbocycles. The number of hydrogen-bond acceptors (Lipinski definition) is 4. The summed E-state index contributed by atoms with van der Waals surface area (Å²) in [5.41, 5.74) is 1.93. The van der Waals surface area contributed by atoms with Gasteiger partial charge in [-0.15, -0.1) is 0 Å². The van der Waals surface area contributed by atoms with Gasteiger partial charge in [0.1, 0.15) is 11.6 Å². The number of piperidine rings is 1. The third-order valence-corrected chi connectivity index (χ3v) is 6.63. The van der Waals surface area contributed by atoms with E-state index in [4.69, 9.17) is 4.74 Å². The zero-order valence-electron chi connectivity index (χ0n) is 18.7. The van der Waals surface area contributed by atoms with Crippen molar-refractivity contribution >= 4 is 10.8 Å². The lowest BCUT2D eigenvalue weighted by molar-refractivity contribution is 0.149. The van der Waals surface area contributed by atoms with Crippen molar-refractivity contribution in [2.75, 3.05) is 20.2 Å². The van der Waals surface area contributed by atoms with Crippen molar-refractivity contribution in [3.63, 3.8) is 0 Å². The molecule has 1 aromatic carbocycles. The predicted molar refractivity (Wildman–Crippen MR) is 122 cm³/mol. The molecule has 0 bridgehead atoms. The van der Waals surface area contributed by atoms with E-state index in [0.29, 0.717) is 34.7 Å². The minimum Gasteiger partial charge on any atom is -0.496 e. The standard InChI is InChI=1S/C25H30FN3O2/c1-16(2)17-6-9-29(10-7-17)15-22-23(26)11-18(12-24(22)31-4)21-14-28(3)25(30)20-13-27-8-5-19(20)21/h5,8,11-14,16-17H,6-7,9-10,15H2,1-4H3. The maximum Gasteiger partial charge on any atom is 0.259 e. The lowest BCUT2D eigenvalue weighted by Crippen LogP contribution is -2.35. The molecule has 1 aliphatic rings. The quantitative estimate of drug-likeness (QED) is 0.601. The van der Waals surface area contributed by atoms with Crippen LogP contribution in [0.1, 0.15) is 32.3 Å². The molecule has 2 aromatic heterocycles. The van der Waals surface area contributed by atoms with Crippen LogP contribution in [-0.4, -0.2) is 34.7 Å². The van der Waals surface area contributed by atoms with Gasteiger partial charge in [0.15, 0.2) is 0 Å². The van der Waals surface area contributed by atoms with Gasteiger partial charge >= 0.3 is 0 Å². The molecule has 4 rings (SSSR count). The van der Waals surface area contributed by atoms with Gasteiger partial charge in [-0.05, 0) is 66.9 Å². The smallest absolute Gasteiger partial charge is 0.259 e. The number of aromatic nitrogens is 2. The van der Waals surface area contributed by atoms with E-state index in [-0.39, 0.29) is 11.4 Å². The maximum absolute atomic E-state index is 15.3. The van der Waals surface area contributed by atoms with Crippen LogP contribution in [0.4, 0.5) is 4.39 Å². The van der Waals surface area contributed by atoms with E-state index >= 15 is 4.39 Å². The topological polar surface area (TPSA) is 47.4 Å². The number of nitrogens with zero attached hydrogens (tertiary/aromatic N) is 3. The Morgan fingerprint density at radius 3 is 2.65 bits per heavy atom. The number of benzene rings is 1. The zero-order valence-corrected chi connectivity index (χ0v) is 18.7. The molecule has 3 aromatic rings. The monoisotopic (exact) mass is 423 g/mol. The Kier molecular flexibility index (Phi) is 6.10. The second-order valence-electron chi connectivity index (χ2n) is 8.88. The highest BCUT2D eigenvalue weighted by Crippen LogP contribution is 2.34. The van der Waals surface area contributed by atoms with Crippen molar-refractivity contribution < 1.29 is 9.13 Å². The van der Waals surface area contributed by atoms with Gasteiger partial charge in [-0.1, -0.05) is 13.8 Å². The Balaban J connectivity index is 1.69. The zero-order chi connectivity index (χ0) is 22.1. The Labute approximate surface area is 182 Å². The molecule has 1 fully saturated rings. The molecule has 6 heteroatoms. The van der Waals surface area contributed by atoms with E-state index in [1.807, 2.05) is 6.07 Å². The molecule has 0 N–H and O–H groups in total. The molecule has 0 amide bonds. The van der Waals surface area contributed by atoms with Crippen molar-refractivity contribution in [3.05, 3.63) is 58.5 Å². The lowest BCUT2D eigenvalue weighted by atomic mass is 9.86. The molecule has 0 aliphatic carbocycles. The van der Waals surface area contributed by atoms with Gasteiger partial charge in [0.25, 0.3) is 5.56 Å². The van der Waals surface area contributed by atoms with Gasteiger partial charge in [-0.2, -0.15) is 0 Å². The largest absolute Gasteiger partial charge is 0.496 e. The molecule has 31 heavy (non-hydrogen) atoms. The third-order valence-electron chi connectivity index (χ3n) is 6.63. The summed E-state index contributed by atoms with van der Waals surface area (Å²) in [4.78, 5) is 18.9. The van der Waals surface area contributed by atoms with Crippen LogP contribution >= 0.6 is 0 Å². The van der Waals surface area contributed by atoms with Crippen molar-refractivity contribution in [2.24, 2.45) is 18.9 Å². The summed E-state index contributed by atoms with van der Waals surface area (Å²) in [5.74, 6) is 1.70. The minimum absolute atomic E-state index is 0.124. The van der Waals surface area contributed by atoms with Gasteiger partial charge in [-0.25, -0.2) is 4.39 Å². The SMILES string of the molecule is COc1cc(-c2cn(C)c(=O)c3cnccc23)cc(F)c1CN1CCC(C(C)C)CC1. The minimum atomic E-state index is -0.281. The average Bonchev–Trinajstić information content (AvgIpc) is 2.77. The molecule has 0 atom stereocenters. The fraction of sp³-hybridized carbons (Fsp3) is 0.440. The fourth-order valence-corrected chi connectivity index (χ4v) is 4.65. The number of fused-ring (bicyclic) bond motifs is 1. The summed E-state index contributed by atoms with van der Waals surface area (Å²) < 4.78 is 22.5. The van der Waals surface area contributed by atoms with E-state index in [9.17, 15) is 4.79 Å². The molecule has 3 heterocycles. The Morgan fingerprint density at radius 2 is 1.97 bits per heavy atom. The first-order chi connectivity index (χ1) is 14.9. The van der Waals surface area contributed by atoms with Gasteiger partial charge in [0, 0.05) is 43.3 Å². The second-order valence-corrected chi connectivity index (χ2v) is 8.88. The number of likely N-dealkylation sites (tertiary alicyclic amines) is 1. The van der Waals surface area contributed by atoms with Gasteiger partial charge in [0.2, 0.25) is 0 Å². The number of rotatable bonds is 5. The summed E-state index contributed by atoms with van der Waals surface area (Å²) in [6, 6.07) is 5.22. The van der Waals surface area contributed by atoms with Crippen molar-refractivity contribution in [2.45, 2.75) is 33.2 Å². The third kappa shape index (κ3) is 4.22. The van der Waals surface area contributed by atoms with Crippen LogP contribution in [0.2, 0.25) is 0 Å². The number of ether oxygens (including phenoxy) is 1. The van der Waals surface area contributed by atoms with Crippen LogP contribution in [-0.2, 0) is 13.6 Å². The summed E-state index contributed by atoms with van der Waals surface area (Å²) in [6.45, 7) is 7.05. The molecule has 5 nitrogen and oxygen atoms in total.